The first-order valence-electron chi connectivity index (χ1n) is 16.8. The molecular formula is C37H46N4O5. The number of hydrogen-bond donors (Lipinski definition) is 1. The molecule has 1 aliphatic carbocycles. The number of rotatable bonds is 12. The minimum Gasteiger partial charge on any atom is -0.490 e. The van der Waals surface area contributed by atoms with E-state index in [9.17, 15) is 9.59 Å². The van der Waals surface area contributed by atoms with E-state index >= 15 is 0 Å². The second-order valence-electron chi connectivity index (χ2n) is 13.0. The van der Waals surface area contributed by atoms with E-state index in [0.717, 1.165) is 63.2 Å². The number of piperazine rings is 1. The molecule has 2 aromatic carbocycles. The summed E-state index contributed by atoms with van der Waals surface area (Å²) >= 11 is 0. The van der Waals surface area contributed by atoms with Crippen LogP contribution in [0.4, 0.5) is 0 Å². The number of carbonyl (C=O) groups excluding carboxylic acids is 1. The Morgan fingerprint density at radius 1 is 1.02 bits per heavy atom. The number of benzene rings is 2. The van der Waals surface area contributed by atoms with Crippen molar-refractivity contribution in [1.82, 2.24) is 20.1 Å². The van der Waals surface area contributed by atoms with Gasteiger partial charge in [0.25, 0.3) is 0 Å². The molecule has 2 fully saturated rings. The Morgan fingerprint density at radius 3 is 2.54 bits per heavy atom. The summed E-state index contributed by atoms with van der Waals surface area (Å²) in [6, 6.07) is 13.7. The molecule has 0 radical (unpaired) electrons. The normalized spacial score (nSPS) is 16.4. The van der Waals surface area contributed by atoms with Gasteiger partial charge in [-0.2, -0.15) is 0 Å². The van der Waals surface area contributed by atoms with Crippen LogP contribution in [-0.2, 0) is 11.2 Å². The molecule has 0 spiro atoms. The highest BCUT2D eigenvalue weighted by Crippen LogP contribution is 2.31. The van der Waals surface area contributed by atoms with Gasteiger partial charge < -0.3 is 24.1 Å². The Morgan fingerprint density at radius 2 is 1.80 bits per heavy atom. The van der Waals surface area contributed by atoms with Gasteiger partial charge in [0, 0.05) is 63.0 Å². The molecular weight excluding hydrogens is 580 g/mol. The number of aromatic nitrogens is 1. The summed E-state index contributed by atoms with van der Waals surface area (Å²) in [5, 5.41) is 4.12. The van der Waals surface area contributed by atoms with E-state index in [2.05, 4.69) is 33.9 Å². The number of amides is 1. The van der Waals surface area contributed by atoms with E-state index in [1.54, 1.807) is 24.4 Å². The number of aryl methyl sites for hydroxylation is 2. The molecule has 0 unspecified atom stereocenters. The average Bonchev–Trinajstić information content (AvgIpc) is 3.56. The van der Waals surface area contributed by atoms with Gasteiger partial charge in [-0.15, -0.1) is 0 Å². The summed E-state index contributed by atoms with van der Waals surface area (Å²) in [4.78, 5) is 35.3. The second-order valence-corrected chi connectivity index (χ2v) is 13.0. The van der Waals surface area contributed by atoms with E-state index in [1.807, 2.05) is 31.2 Å². The SMILES string of the molecule is Cc1cc(OCCCN2CCN(C(C)C)CC2)c2oc3cc(Oc4ccc(CCC(=O)NC5CCCC5)nc4)ccc3c(=O)c2c1. The summed E-state index contributed by atoms with van der Waals surface area (Å²) in [5.41, 5.74) is 2.58. The third-order valence-electron chi connectivity index (χ3n) is 9.23. The summed E-state index contributed by atoms with van der Waals surface area (Å²) in [5.74, 6) is 1.76. The van der Waals surface area contributed by atoms with Crippen molar-refractivity contribution < 1.29 is 18.7 Å². The zero-order chi connectivity index (χ0) is 32.0. The number of ether oxygens (including phenoxy) is 2. The highest BCUT2D eigenvalue weighted by Gasteiger charge is 2.19. The van der Waals surface area contributed by atoms with Crippen molar-refractivity contribution in [1.29, 1.82) is 0 Å². The van der Waals surface area contributed by atoms with Crippen LogP contribution in [0.2, 0.25) is 0 Å². The first-order chi connectivity index (χ1) is 22.3. The van der Waals surface area contributed by atoms with E-state index in [1.165, 1.54) is 12.8 Å². The fraction of sp³-hybridized carbons (Fsp3) is 0.486. The van der Waals surface area contributed by atoms with Gasteiger partial charge in [-0.25, -0.2) is 0 Å². The van der Waals surface area contributed by atoms with Crippen LogP contribution >= 0.6 is 0 Å². The topological polar surface area (TPSA) is 97.1 Å². The van der Waals surface area contributed by atoms with Crippen molar-refractivity contribution in [2.75, 3.05) is 39.3 Å². The molecule has 4 aromatic rings. The Bertz CT molecular complexity index is 1700. The largest absolute Gasteiger partial charge is 0.490 e. The van der Waals surface area contributed by atoms with Crippen molar-refractivity contribution in [2.24, 2.45) is 0 Å². The molecule has 0 bridgehead atoms. The van der Waals surface area contributed by atoms with E-state index < -0.39 is 0 Å². The van der Waals surface area contributed by atoms with Gasteiger partial charge >= 0.3 is 0 Å². The van der Waals surface area contributed by atoms with Gasteiger partial charge in [0.15, 0.2) is 11.3 Å². The number of carbonyl (C=O) groups is 1. The van der Waals surface area contributed by atoms with Crippen LogP contribution in [0.5, 0.6) is 17.2 Å². The highest BCUT2D eigenvalue weighted by molar-refractivity contribution is 5.93. The van der Waals surface area contributed by atoms with E-state index in [0.29, 0.717) is 70.7 Å². The maximum atomic E-state index is 13.5. The maximum Gasteiger partial charge on any atom is 0.220 e. The van der Waals surface area contributed by atoms with Crippen LogP contribution in [0.1, 0.15) is 63.6 Å². The summed E-state index contributed by atoms with van der Waals surface area (Å²) < 4.78 is 18.6. The van der Waals surface area contributed by atoms with Crippen molar-refractivity contribution in [3.05, 3.63) is 70.1 Å². The molecule has 1 saturated carbocycles. The Labute approximate surface area is 270 Å². The first-order valence-corrected chi connectivity index (χ1v) is 16.8. The number of nitrogens with zero attached hydrogens (tertiary/aromatic N) is 3. The molecule has 46 heavy (non-hydrogen) atoms. The lowest BCUT2D eigenvalue weighted by Crippen LogP contribution is -2.49. The molecule has 2 aromatic heterocycles. The lowest BCUT2D eigenvalue weighted by Gasteiger charge is -2.36. The fourth-order valence-corrected chi connectivity index (χ4v) is 6.55. The predicted octanol–water partition coefficient (Wildman–Crippen LogP) is 6.23. The Hall–Kier alpha value is -3.95. The molecule has 2 aliphatic rings. The van der Waals surface area contributed by atoms with Crippen LogP contribution < -0.4 is 20.2 Å². The summed E-state index contributed by atoms with van der Waals surface area (Å²) in [6.07, 6.45) is 8.10. The minimum atomic E-state index is -0.0950. The van der Waals surface area contributed by atoms with Crippen LogP contribution in [0, 0.1) is 6.92 Å². The third-order valence-corrected chi connectivity index (χ3v) is 9.23. The first kappa shape index (κ1) is 32.0. The van der Waals surface area contributed by atoms with Crippen LogP contribution in [0.3, 0.4) is 0 Å². The summed E-state index contributed by atoms with van der Waals surface area (Å²) in [6.45, 7) is 12.4. The Balaban J connectivity index is 1.09. The highest BCUT2D eigenvalue weighted by atomic mass is 16.5. The van der Waals surface area contributed by atoms with Crippen LogP contribution in [0.15, 0.2) is 57.9 Å². The van der Waals surface area contributed by atoms with Crippen LogP contribution in [-0.4, -0.2) is 72.1 Å². The van der Waals surface area contributed by atoms with Gasteiger partial charge in [0.2, 0.25) is 11.3 Å². The van der Waals surface area contributed by atoms with Gasteiger partial charge in [0.1, 0.15) is 17.1 Å². The standard InChI is InChI=1S/C37H46N4O5/c1-25(2)41-18-16-40(17-19-41)15-6-20-44-34-22-26(3)21-32-36(43)31-13-12-29(23-33(31)46-37(32)34)45-30-11-9-27(38-24-30)10-14-35(42)39-28-7-4-5-8-28/h9,11-13,21-25,28H,4-8,10,14-20H2,1-3H3,(H,39,42). The van der Waals surface area contributed by atoms with Gasteiger partial charge in [-0.3, -0.25) is 19.5 Å². The van der Waals surface area contributed by atoms with E-state index in [4.69, 9.17) is 13.9 Å². The molecule has 1 N–H and O–H groups in total. The molecule has 1 amide bonds. The molecule has 244 valence electrons. The van der Waals surface area contributed by atoms with Gasteiger partial charge in [-0.05, 0) is 88.4 Å². The minimum absolute atomic E-state index is 0.0821. The maximum absolute atomic E-state index is 13.5. The number of nitrogens with one attached hydrogen (secondary N) is 1. The number of fused-ring (bicyclic) bond motifs is 2. The van der Waals surface area contributed by atoms with Crippen molar-refractivity contribution >= 4 is 27.8 Å². The quantitative estimate of drug-likeness (QED) is 0.146. The van der Waals surface area contributed by atoms with Gasteiger partial charge in [-0.1, -0.05) is 12.8 Å². The smallest absolute Gasteiger partial charge is 0.220 e. The van der Waals surface area contributed by atoms with Crippen LogP contribution in [0.25, 0.3) is 21.9 Å². The number of hydrogen-bond acceptors (Lipinski definition) is 8. The van der Waals surface area contributed by atoms with E-state index in [-0.39, 0.29) is 11.3 Å². The van der Waals surface area contributed by atoms with Gasteiger partial charge in [0.05, 0.1) is 23.6 Å². The predicted molar refractivity (Wildman–Crippen MR) is 181 cm³/mol. The zero-order valence-electron chi connectivity index (χ0n) is 27.3. The molecule has 0 atom stereocenters. The molecule has 3 heterocycles. The van der Waals surface area contributed by atoms with Crippen molar-refractivity contribution in [3.8, 4) is 17.2 Å². The van der Waals surface area contributed by atoms with Crippen molar-refractivity contribution in [2.45, 2.75) is 77.8 Å². The lowest BCUT2D eigenvalue weighted by atomic mass is 10.1. The third kappa shape index (κ3) is 7.88. The fourth-order valence-electron chi connectivity index (χ4n) is 6.55. The molecule has 9 nitrogen and oxygen atoms in total. The average molecular weight is 627 g/mol. The lowest BCUT2D eigenvalue weighted by molar-refractivity contribution is -0.121. The van der Waals surface area contributed by atoms with Crippen molar-refractivity contribution in [3.63, 3.8) is 0 Å². The Kier molecular flexibility index (Phi) is 10.2. The molecule has 9 heteroatoms. The number of pyridine rings is 1. The molecule has 6 rings (SSSR count). The zero-order valence-corrected chi connectivity index (χ0v) is 27.3. The molecule has 1 saturated heterocycles. The monoisotopic (exact) mass is 626 g/mol. The second kappa shape index (κ2) is 14.6. The summed E-state index contributed by atoms with van der Waals surface area (Å²) in [7, 11) is 0. The molecule has 1 aliphatic heterocycles.